The van der Waals surface area contributed by atoms with Crippen molar-refractivity contribution in [1.82, 2.24) is 24.5 Å². The Balaban J connectivity index is 1.47. The van der Waals surface area contributed by atoms with Gasteiger partial charge in [0.1, 0.15) is 6.33 Å². The second-order valence-electron chi connectivity index (χ2n) is 6.20. The Morgan fingerprint density at radius 2 is 1.82 bits per heavy atom. The molecule has 1 N–H and O–H groups in total. The fraction of sp³-hybridized carbons (Fsp3) is 0.100. The zero-order valence-electron chi connectivity index (χ0n) is 15.4. The first-order valence-corrected chi connectivity index (χ1v) is 9.47. The van der Waals surface area contributed by atoms with Crippen LogP contribution < -0.4 is 5.32 Å². The van der Waals surface area contributed by atoms with Crippen LogP contribution in [0.1, 0.15) is 16.1 Å². The van der Waals surface area contributed by atoms with Gasteiger partial charge in [-0.15, -0.1) is 10.2 Å². The van der Waals surface area contributed by atoms with Gasteiger partial charge in [-0.3, -0.25) is 4.79 Å². The van der Waals surface area contributed by atoms with E-state index in [1.807, 2.05) is 73.1 Å². The quantitative estimate of drug-likeness (QED) is 0.562. The van der Waals surface area contributed by atoms with Crippen LogP contribution in [-0.4, -0.2) is 30.5 Å². The smallest absolute Gasteiger partial charge is 0.259 e. The molecule has 8 heteroatoms. The second kappa shape index (κ2) is 7.69. The van der Waals surface area contributed by atoms with Crippen molar-refractivity contribution < 1.29 is 4.79 Å². The number of hydrogen-bond donors (Lipinski definition) is 1. The number of carbonyl (C=O) groups excluding carboxylic acids is 1. The van der Waals surface area contributed by atoms with E-state index in [0.29, 0.717) is 5.56 Å². The van der Waals surface area contributed by atoms with E-state index in [-0.39, 0.29) is 5.91 Å². The van der Waals surface area contributed by atoms with Gasteiger partial charge >= 0.3 is 0 Å². The van der Waals surface area contributed by atoms with Crippen LogP contribution in [0.4, 0.5) is 5.69 Å². The molecule has 0 saturated heterocycles. The van der Waals surface area contributed by atoms with E-state index >= 15 is 0 Å². The molecule has 28 heavy (non-hydrogen) atoms. The summed E-state index contributed by atoms with van der Waals surface area (Å²) in [5, 5.41) is 16.0. The Labute approximate surface area is 166 Å². The van der Waals surface area contributed by atoms with Crippen molar-refractivity contribution in [3.63, 3.8) is 0 Å². The number of carbonyl (C=O) groups is 1. The summed E-state index contributed by atoms with van der Waals surface area (Å²) in [5.41, 5.74) is 2.97. The van der Waals surface area contributed by atoms with Crippen molar-refractivity contribution >= 4 is 23.4 Å². The molecule has 0 spiro atoms. The molecule has 2 heterocycles. The van der Waals surface area contributed by atoms with Crippen LogP contribution in [-0.2, 0) is 7.05 Å². The normalized spacial score (nSPS) is 10.8. The Bertz CT molecular complexity index is 1100. The number of para-hydroxylation sites is 1. The maximum Gasteiger partial charge on any atom is 0.259 e. The van der Waals surface area contributed by atoms with Crippen molar-refractivity contribution in [2.75, 3.05) is 5.32 Å². The number of amides is 1. The third kappa shape index (κ3) is 3.67. The molecule has 0 aliphatic rings. The van der Waals surface area contributed by atoms with Gasteiger partial charge in [0, 0.05) is 17.6 Å². The molecule has 2 aromatic heterocycles. The predicted octanol–water partition coefficient (Wildman–Crippen LogP) is 3.71. The number of benzene rings is 2. The second-order valence-corrected chi connectivity index (χ2v) is 7.24. The van der Waals surface area contributed by atoms with Gasteiger partial charge in [0.15, 0.2) is 5.16 Å². The van der Waals surface area contributed by atoms with E-state index in [2.05, 4.69) is 20.6 Å². The monoisotopic (exact) mass is 390 g/mol. The summed E-state index contributed by atoms with van der Waals surface area (Å²) in [5.74, 6) is -0.187. The van der Waals surface area contributed by atoms with Crippen molar-refractivity contribution in [3.8, 4) is 5.69 Å². The highest BCUT2D eigenvalue weighted by Crippen LogP contribution is 2.26. The van der Waals surface area contributed by atoms with E-state index in [0.717, 1.165) is 27.1 Å². The van der Waals surface area contributed by atoms with Gasteiger partial charge < -0.3 is 9.88 Å². The molecule has 140 valence electrons. The molecule has 0 saturated carbocycles. The number of aryl methyl sites for hydroxylation is 1. The molecule has 0 bridgehead atoms. The van der Waals surface area contributed by atoms with E-state index in [4.69, 9.17) is 0 Å². The molecule has 1 amide bonds. The summed E-state index contributed by atoms with van der Waals surface area (Å²) in [6, 6.07) is 17.4. The number of nitrogens with one attached hydrogen (secondary N) is 1. The zero-order chi connectivity index (χ0) is 19.5. The molecule has 0 fully saturated rings. The number of rotatable bonds is 5. The third-order valence-corrected chi connectivity index (χ3v) is 5.31. The first-order chi connectivity index (χ1) is 13.6. The van der Waals surface area contributed by atoms with Gasteiger partial charge in [0.25, 0.3) is 5.91 Å². The summed E-state index contributed by atoms with van der Waals surface area (Å²) in [6.07, 6.45) is 3.25. The van der Waals surface area contributed by atoms with Crippen LogP contribution in [0.25, 0.3) is 5.69 Å². The standard InChI is InChI=1S/C20H18N6OS/c1-14-18(12-22-26(14)16-6-4-3-5-7-16)19(27)23-15-8-10-17(11-9-15)28-20-24-21-13-25(20)2/h3-13H,1-2H3,(H,23,27). The average molecular weight is 390 g/mol. The molecular weight excluding hydrogens is 372 g/mol. The van der Waals surface area contributed by atoms with Crippen molar-refractivity contribution in [2.24, 2.45) is 7.05 Å². The van der Waals surface area contributed by atoms with Gasteiger partial charge in [-0.25, -0.2) is 4.68 Å². The highest BCUT2D eigenvalue weighted by atomic mass is 32.2. The molecule has 4 rings (SSSR count). The van der Waals surface area contributed by atoms with E-state index < -0.39 is 0 Å². The van der Waals surface area contributed by atoms with Crippen molar-refractivity contribution in [2.45, 2.75) is 17.0 Å². The first-order valence-electron chi connectivity index (χ1n) is 8.65. The van der Waals surface area contributed by atoms with Crippen LogP contribution in [0, 0.1) is 6.92 Å². The predicted molar refractivity (Wildman–Crippen MR) is 108 cm³/mol. The minimum atomic E-state index is -0.187. The summed E-state index contributed by atoms with van der Waals surface area (Å²) in [6.45, 7) is 1.88. The number of aromatic nitrogens is 5. The van der Waals surface area contributed by atoms with Crippen LogP contribution in [0.15, 0.2) is 77.2 Å². The van der Waals surface area contributed by atoms with Gasteiger partial charge in [-0.2, -0.15) is 5.10 Å². The summed E-state index contributed by atoms with van der Waals surface area (Å²) < 4.78 is 3.61. The number of anilines is 1. The number of hydrogen-bond acceptors (Lipinski definition) is 5. The molecule has 0 aliphatic heterocycles. The third-order valence-electron chi connectivity index (χ3n) is 4.25. The van der Waals surface area contributed by atoms with E-state index in [1.54, 1.807) is 17.2 Å². The average Bonchev–Trinajstić information content (AvgIpc) is 3.29. The molecule has 0 atom stereocenters. The van der Waals surface area contributed by atoms with Gasteiger partial charge in [-0.1, -0.05) is 18.2 Å². The van der Waals surface area contributed by atoms with Crippen LogP contribution in [0.3, 0.4) is 0 Å². The van der Waals surface area contributed by atoms with Crippen LogP contribution >= 0.6 is 11.8 Å². The lowest BCUT2D eigenvalue weighted by molar-refractivity contribution is 0.102. The van der Waals surface area contributed by atoms with Gasteiger partial charge in [0.05, 0.1) is 23.1 Å². The maximum atomic E-state index is 12.7. The van der Waals surface area contributed by atoms with Gasteiger partial charge in [0.2, 0.25) is 0 Å². The zero-order valence-corrected chi connectivity index (χ0v) is 16.2. The molecule has 2 aromatic carbocycles. The molecule has 0 unspecified atom stereocenters. The maximum absolute atomic E-state index is 12.7. The first kappa shape index (κ1) is 18.0. The molecule has 0 aliphatic carbocycles. The summed E-state index contributed by atoms with van der Waals surface area (Å²) >= 11 is 1.51. The largest absolute Gasteiger partial charge is 0.322 e. The van der Waals surface area contributed by atoms with E-state index in [9.17, 15) is 4.79 Å². The van der Waals surface area contributed by atoms with Crippen molar-refractivity contribution in [1.29, 1.82) is 0 Å². The molecule has 0 radical (unpaired) electrons. The SMILES string of the molecule is Cc1c(C(=O)Nc2ccc(Sc3nncn3C)cc2)cnn1-c1ccccc1. The number of nitrogens with zero attached hydrogens (tertiary/aromatic N) is 5. The topological polar surface area (TPSA) is 77.6 Å². The van der Waals surface area contributed by atoms with E-state index in [1.165, 1.54) is 11.8 Å². The minimum Gasteiger partial charge on any atom is -0.322 e. The molecule has 7 nitrogen and oxygen atoms in total. The van der Waals surface area contributed by atoms with Crippen molar-refractivity contribution in [3.05, 3.63) is 78.4 Å². The van der Waals surface area contributed by atoms with Gasteiger partial charge in [-0.05, 0) is 55.1 Å². The minimum absolute atomic E-state index is 0.187. The summed E-state index contributed by atoms with van der Waals surface area (Å²) in [4.78, 5) is 13.7. The van der Waals surface area contributed by atoms with Crippen LogP contribution in [0.5, 0.6) is 0 Å². The molecule has 4 aromatic rings. The lowest BCUT2D eigenvalue weighted by Gasteiger charge is -2.07. The lowest BCUT2D eigenvalue weighted by Crippen LogP contribution is -2.13. The fourth-order valence-electron chi connectivity index (χ4n) is 2.74. The Hall–Kier alpha value is -3.39. The highest BCUT2D eigenvalue weighted by Gasteiger charge is 2.15. The Morgan fingerprint density at radius 3 is 2.50 bits per heavy atom. The Kier molecular flexibility index (Phi) is 4.94. The lowest BCUT2D eigenvalue weighted by atomic mass is 10.2. The fourth-order valence-corrected chi connectivity index (χ4v) is 3.50. The highest BCUT2D eigenvalue weighted by molar-refractivity contribution is 7.99. The Morgan fingerprint density at radius 1 is 1.07 bits per heavy atom. The summed E-state index contributed by atoms with van der Waals surface area (Å²) in [7, 11) is 1.90. The van der Waals surface area contributed by atoms with Crippen LogP contribution in [0.2, 0.25) is 0 Å². The molecular formula is C20H18N6OS.